The van der Waals surface area contributed by atoms with Crippen LogP contribution in [0.3, 0.4) is 0 Å². The van der Waals surface area contributed by atoms with Crippen molar-refractivity contribution < 1.29 is 14.3 Å². The number of rotatable bonds is 10. The number of anilines is 3. The molecule has 0 saturated carbocycles. The molecule has 0 atom stereocenters. The molecule has 0 aromatic heterocycles. The van der Waals surface area contributed by atoms with E-state index >= 15 is 0 Å². The third kappa shape index (κ3) is 7.40. The first-order valence-corrected chi connectivity index (χ1v) is 9.27. The molecule has 0 heterocycles. The van der Waals surface area contributed by atoms with Gasteiger partial charge >= 0.3 is 0 Å². The summed E-state index contributed by atoms with van der Waals surface area (Å²) in [5.74, 6) is 0.554. The highest BCUT2D eigenvalue weighted by atomic mass is 16.5. The van der Waals surface area contributed by atoms with E-state index in [2.05, 4.69) is 16.0 Å². The molecule has 0 bridgehead atoms. The van der Waals surface area contributed by atoms with Gasteiger partial charge in [0.1, 0.15) is 5.75 Å². The Morgan fingerprint density at radius 3 is 2.26 bits per heavy atom. The van der Waals surface area contributed by atoms with Crippen molar-refractivity contribution in [2.75, 3.05) is 29.1 Å². The molecule has 3 N–H and O–H groups in total. The number of nitrogens with one attached hydrogen (secondary N) is 3. The van der Waals surface area contributed by atoms with Crippen molar-refractivity contribution in [3.05, 3.63) is 48.5 Å². The quantitative estimate of drug-likeness (QED) is 0.584. The fourth-order valence-corrected chi connectivity index (χ4v) is 2.43. The molecular weight excluding hydrogens is 342 g/mol. The molecule has 2 aromatic carbocycles. The lowest BCUT2D eigenvalue weighted by Crippen LogP contribution is -2.21. The molecule has 0 fully saturated rings. The van der Waals surface area contributed by atoms with E-state index in [9.17, 15) is 9.59 Å². The lowest BCUT2D eigenvalue weighted by Gasteiger charge is -2.11. The third-order valence-electron chi connectivity index (χ3n) is 3.67. The number of hydrogen-bond acceptors (Lipinski definition) is 4. The molecule has 2 aromatic rings. The van der Waals surface area contributed by atoms with Gasteiger partial charge in [0.05, 0.1) is 13.2 Å². The van der Waals surface area contributed by atoms with E-state index in [4.69, 9.17) is 4.74 Å². The van der Waals surface area contributed by atoms with Crippen LogP contribution in [0.25, 0.3) is 0 Å². The summed E-state index contributed by atoms with van der Waals surface area (Å²) >= 11 is 0. The summed E-state index contributed by atoms with van der Waals surface area (Å²) in [5, 5.41) is 8.75. The molecule has 6 nitrogen and oxygen atoms in total. The second-order valence-electron chi connectivity index (χ2n) is 6.16. The summed E-state index contributed by atoms with van der Waals surface area (Å²) in [6.07, 6.45) is 2.22. The van der Waals surface area contributed by atoms with Gasteiger partial charge in [0, 0.05) is 29.5 Å². The van der Waals surface area contributed by atoms with E-state index in [1.54, 1.807) is 12.1 Å². The minimum atomic E-state index is -0.164. The summed E-state index contributed by atoms with van der Waals surface area (Å²) in [4.78, 5) is 23.9. The molecule has 27 heavy (non-hydrogen) atoms. The highest BCUT2D eigenvalue weighted by molar-refractivity contribution is 5.94. The molecular formula is C21H27N3O3. The maximum Gasteiger partial charge on any atom is 0.243 e. The fourth-order valence-electron chi connectivity index (χ4n) is 2.43. The van der Waals surface area contributed by atoms with Gasteiger partial charge in [-0.25, -0.2) is 0 Å². The van der Waals surface area contributed by atoms with Crippen LogP contribution in [0.1, 0.15) is 33.1 Å². The van der Waals surface area contributed by atoms with E-state index in [0.29, 0.717) is 24.4 Å². The van der Waals surface area contributed by atoms with E-state index in [0.717, 1.165) is 24.3 Å². The second-order valence-corrected chi connectivity index (χ2v) is 6.16. The smallest absolute Gasteiger partial charge is 0.243 e. The van der Waals surface area contributed by atoms with E-state index in [-0.39, 0.29) is 18.4 Å². The number of ether oxygens (including phenoxy) is 1. The summed E-state index contributed by atoms with van der Waals surface area (Å²) < 4.78 is 5.57. The van der Waals surface area contributed by atoms with Crippen molar-refractivity contribution in [1.82, 2.24) is 0 Å². The van der Waals surface area contributed by atoms with Crippen LogP contribution in [0.2, 0.25) is 0 Å². The van der Waals surface area contributed by atoms with Crippen LogP contribution in [0.15, 0.2) is 48.5 Å². The summed E-state index contributed by atoms with van der Waals surface area (Å²) in [7, 11) is 0. The molecule has 2 amide bonds. The number of carbonyl (C=O) groups excluding carboxylic acids is 2. The van der Waals surface area contributed by atoms with Crippen LogP contribution in [0, 0.1) is 0 Å². The van der Waals surface area contributed by atoms with Crippen molar-refractivity contribution >= 4 is 28.9 Å². The fraction of sp³-hybridized carbons (Fsp3) is 0.333. The topological polar surface area (TPSA) is 79.5 Å². The molecule has 0 unspecified atom stereocenters. The van der Waals surface area contributed by atoms with Crippen LogP contribution in [0.4, 0.5) is 17.1 Å². The van der Waals surface area contributed by atoms with Crippen LogP contribution >= 0.6 is 0 Å². The average Bonchev–Trinajstić information content (AvgIpc) is 2.65. The van der Waals surface area contributed by atoms with Crippen LogP contribution < -0.4 is 20.7 Å². The zero-order valence-electron chi connectivity index (χ0n) is 15.9. The highest BCUT2D eigenvalue weighted by Gasteiger charge is 2.05. The van der Waals surface area contributed by atoms with Gasteiger partial charge in [0.2, 0.25) is 11.8 Å². The van der Waals surface area contributed by atoms with Gasteiger partial charge < -0.3 is 20.7 Å². The molecule has 0 aliphatic heterocycles. The van der Waals surface area contributed by atoms with Gasteiger partial charge in [-0.05, 0) is 43.2 Å². The standard InChI is InChI=1S/C21H27N3O3/c1-3-7-20(25)23-17-9-5-8-16(13-17)22-15-21(26)24-18-10-6-11-19(14-18)27-12-4-2/h5-6,8-11,13-14,22H,3-4,7,12,15H2,1-2H3,(H,23,25)(H,24,26). The predicted molar refractivity (Wildman–Crippen MR) is 109 cm³/mol. The Hall–Kier alpha value is -3.02. The minimum Gasteiger partial charge on any atom is -0.494 e. The maximum absolute atomic E-state index is 12.2. The van der Waals surface area contributed by atoms with Gasteiger partial charge in [-0.1, -0.05) is 26.0 Å². The molecule has 0 aliphatic carbocycles. The molecule has 0 radical (unpaired) electrons. The van der Waals surface area contributed by atoms with Crippen LogP contribution in [-0.2, 0) is 9.59 Å². The van der Waals surface area contributed by atoms with E-state index in [1.807, 2.05) is 50.2 Å². The summed E-state index contributed by atoms with van der Waals surface area (Å²) in [5.41, 5.74) is 2.16. The summed E-state index contributed by atoms with van der Waals surface area (Å²) in [6, 6.07) is 14.6. The Bertz CT molecular complexity index is 762. The van der Waals surface area contributed by atoms with Gasteiger partial charge in [0.15, 0.2) is 0 Å². The number of hydrogen-bond donors (Lipinski definition) is 3. The summed E-state index contributed by atoms with van der Waals surface area (Å²) in [6.45, 7) is 4.76. The molecule has 0 spiro atoms. The van der Waals surface area contributed by atoms with Crippen molar-refractivity contribution in [3.63, 3.8) is 0 Å². The van der Waals surface area contributed by atoms with Crippen molar-refractivity contribution in [2.45, 2.75) is 33.1 Å². The van der Waals surface area contributed by atoms with E-state index in [1.165, 1.54) is 0 Å². The molecule has 2 rings (SSSR count). The normalized spacial score (nSPS) is 10.1. The van der Waals surface area contributed by atoms with Crippen molar-refractivity contribution in [1.29, 1.82) is 0 Å². The second kappa shape index (κ2) is 10.9. The number of amides is 2. The Morgan fingerprint density at radius 2 is 1.52 bits per heavy atom. The minimum absolute atomic E-state index is 0.0161. The van der Waals surface area contributed by atoms with Gasteiger partial charge in [-0.3, -0.25) is 9.59 Å². The zero-order valence-corrected chi connectivity index (χ0v) is 15.9. The van der Waals surface area contributed by atoms with Crippen LogP contribution in [-0.4, -0.2) is 25.0 Å². The average molecular weight is 369 g/mol. The highest BCUT2D eigenvalue weighted by Crippen LogP contribution is 2.18. The van der Waals surface area contributed by atoms with Gasteiger partial charge in [0.25, 0.3) is 0 Å². The third-order valence-corrected chi connectivity index (χ3v) is 3.67. The lowest BCUT2D eigenvalue weighted by molar-refractivity contribution is -0.116. The number of benzene rings is 2. The largest absolute Gasteiger partial charge is 0.494 e. The van der Waals surface area contributed by atoms with E-state index < -0.39 is 0 Å². The maximum atomic E-state index is 12.2. The van der Waals surface area contributed by atoms with Crippen molar-refractivity contribution in [2.24, 2.45) is 0 Å². The Kier molecular flexibility index (Phi) is 8.16. The Morgan fingerprint density at radius 1 is 0.852 bits per heavy atom. The Balaban J connectivity index is 1.86. The van der Waals surface area contributed by atoms with Gasteiger partial charge in [-0.2, -0.15) is 0 Å². The monoisotopic (exact) mass is 369 g/mol. The molecule has 6 heteroatoms. The van der Waals surface area contributed by atoms with Gasteiger partial charge in [-0.15, -0.1) is 0 Å². The first-order chi connectivity index (χ1) is 13.1. The molecule has 0 saturated heterocycles. The Labute approximate surface area is 160 Å². The molecule has 0 aliphatic rings. The molecule has 144 valence electrons. The zero-order chi connectivity index (χ0) is 19.5. The van der Waals surface area contributed by atoms with Crippen molar-refractivity contribution in [3.8, 4) is 5.75 Å². The SMILES string of the molecule is CCCOc1cccc(NC(=O)CNc2cccc(NC(=O)CCC)c2)c1. The first kappa shape index (κ1) is 20.3. The number of carbonyl (C=O) groups is 2. The predicted octanol–water partition coefficient (Wildman–Crippen LogP) is 4.26. The van der Waals surface area contributed by atoms with Crippen LogP contribution in [0.5, 0.6) is 5.75 Å². The first-order valence-electron chi connectivity index (χ1n) is 9.27. The lowest BCUT2D eigenvalue weighted by atomic mass is 10.2.